The zero-order valence-corrected chi connectivity index (χ0v) is 9.62. The quantitative estimate of drug-likeness (QED) is 0.778. The van der Waals surface area contributed by atoms with E-state index in [1.165, 1.54) is 6.42 Å². The van der Waals surface area contributed by atoms with Crippen molar-refractivity contribution < 1.29 is 0 Å². The molecule has 1 aromatic rings. The Labute approximate surface area is 86.5 Å². The van der Waals surface area contributed by atoms with Crippen LogP contribution in [0.15, 0.2) is 12.4 Å². The summed E-state index contributed by atoms with van der Waals surface area (Å²) in [6.45, 7) is 7.59. The molecular formula is C11H21N3. The largest absolute Gasteiger partial charge is 0.337 e. The maximum atomic E-state index is 4.27. The summed E-state index contributed by atoms with van der Waals surface area (Å²) < 4.78 is 2.05. The van der Waals surface area contributed by atoms with E-state index in [0.717, 1.165) is 18.3 Å². The van der Waals surface area contributed by atoms with Crippen molar-refractivity contribution in [3.8, 4) is 0 Å². The summed E-state index contributed by atoms with van der Waals surface area (Å²) >= 11 is 0. The Balaban J connectivity index is 2.37. The van der Waals surface area contributed by atoms with E-state index in [1.807, 2.05) is 19.4 Å². The van der Waals surface area contributed by atoms with E-state index in [2.05, 4.69) is 35.6 Å². The van der Waals surface area contributed by atoms with Gasteiger partial charge >= 0.3 is 0 Å². The molecule has 0 aromatic carbocycles. The summed E-state index contributed by atoms with van der Waals surface area (Å²) in [7, 11) is 2.03. The molecule has 0 aliphatic heterocycles. The number of aryl methyl sites for hydroxylation is 1. The molecule has 0 saturated carbocycles. The number of hydrogen-bond acceptors (Lipinski definition) is 2. The second-order valence-corrected chi connectivity index (χ2v) is 4.01. The van der Waals surface area contributed by atoms with Gasteiger partial charge in [0.25, 0.3) is 0 Å². The number of hydrogen-bond donors (Lipinski definition) is 1. The number of rotatable bonds is 5. The molecule has 0 radical (unpaired) electrons. The fraction of sp³-hybridized carbons (Fsp3) is 0.727. The van der Waals surface area contributed by atoms with Crippen LogP contribution in [0.2, 0.25) is 0 Å². The number of imidazole rings is 1. The molecule has 0 aliphatic carbocycles. The van der Waals surface area contributed by atoms with Crippen molar-refractivity contribution >= 4 is 0 Å². The molecule has 0 aliphatic rings. The van der Waals surface area contributed by atoms with Gasteiger partial charge in [0, 0.05) is 25.5 Å². The fourth-order valence-corrected chi connectivity index (χ4v) is 1.37. The average molecular weight is 195 g/mol. The van der Waals surface area contributed by atoms with Crippen LogP contribution >= 0.6 is 0 Å². The molecule has 0 spiro atoms. The van der Waals surface area contributed by atoms with Crippen LogP contribution in [0.5, 0.6) is 0 Å². The first-order valence-corrected chi connectivity index (χ1v) is 5.34. The minimum absolute atomic E-state index is 0.552. The molecule has 1 heterocycles. The molecule has 0 bridgehead atoms. The van der Waals surface area contributed by atoms with Crippen LogP contribution in [0, 0.1) is 5.92 Å². The van der Waals surface area contributed by atoms with Crippen LogP contribution < -0.4 is 5.32 Å². The van der Waals surface area contributed by atoms with Gasteiger partial charge in [0.2, 0.25) is 0 Å². The van der Waals surface area contributed by atoms with Crippen molar-refractivity contribution in [2.75, 3.05) is 0 Å². The van der Waals surface area contributed by atoms with Crippen LogP contribution in [0.1, 0.15) is 33.0 Å². The van der Waals surface area contributed by atoms with Crippen LogP contribution in [0.4, 0.5) is 0 Å². The lowest BCUT2D eigenvalue weighted by molar-refractivity contribution is 0.384. The highest BCUT2D eigenvalue weighted by Crippen LogP contribution is 2.07. The molecule has 3 heteroatoms. The smallest absolute Gasteiger partial charge is 0.122 e. The molecule has 0 amide bonds. The topological polar surface area (TPSA) is 29.9 Å². The first-order valence-electron chi connectivity index (χ1n) is 5.34. The van der Waals surface area contributed by atoms with Crippen LogP contribution in [0.3, 0.4) is 0 Å². The molecular weight excluding hydrogens is 174 g/mol. The maximum Gasteiger partial charge on any atom is 0.122 e. The van der Waals surface area contributed by atoms with Gasteiger partial charge in [-0.05, 0) is 12.8 Å². The van der Waals surface area contributed by atoms with E-state index in [1.54, 1.807) is 0 Å². The highest BCUT2D eigenvalue weighted by atomic mass is 15.1. The van der Waals surface area contributed by atoms with Gasteiger partial charge in [-0.1, -0.05) is 20.3 Å². The number of aromatic nitrogens is 2. The Morgan fingerprint density at radius 3 is 2.71 bits per heavy atom. The predicted octanol–water partition coefficient (Wildman–Crippen LogP) is 1.94. The van der Waals surface area contributed by atoms with Gasteiger partial charge in [0.1, 0.15) is 5.82 Å². The predicted molar refractivity (Wildman–Crippen MR) is 59.0 cm³/mol. The van der Waals surface area contributed by atoms with Crippen molar-refractivity contribution in [2.24, 2.45) is 13.0 Å². The number of nitrogens with one attached hydrogen (secondary N) is 1. The van der Waals surface area contributed by atoms with Crippen molar-refractivity contribution in [1.82, 2.24) is 14.9 Å². The second kappa shape index (κ2) is 5.15. The zero-order valence-electron chi connectivity index (χ0n) is 9.62. The van der Waals surface area contributed by atoms with Gasteiger partial charge in [-0.15, -0.1) is 0 Å². The molecule has 3 nitrogen and oxygen atoms in total. The Morgan fingerprint density at radius 1 is 1.50 bits per heavy atom. The van der Waals surface area contributed by atoms with E-state index >= 15 is 0 Å². The van der Waals surface area contributed by atoms with E-state index in [9.17, 15) is 0 Å². The molecule has 14 heavy (non-hydrogen) atoms. The third-order valence-electron chi connectivity index (χ3n) is 3.00. The van der Waals surface area contributed by atoms with Gasteiger partial charge in [-0.25, -0.2) is 4.98 Å². The van der Waals surface area contributed by atoms with Crippen molar-refractivity contribution in [3.05, 3.63) is 18.2 Å². The molecule has 80 valence electrons. The second-order valence-electron chi connectivity index (χ2n) is 4.01. The van der Waals surface area contributed by atoms with Gasteiger partial charge in [-0.3, -0.25) is 0 Å². The lowest BCUT2D eigenvalue weighted by Crippen LogP contribution is -2.32. The average Bonchev–Trinajstić information content (AvgIpc) is 2.59. The van der Waals surface area contributed by atoms with Crippen LogP contribution in [-0.2, 0) is 13.6 Å². The summed E-state index contributed by atoms with van der Waals surface area (Å²) in [5.74, 6) is 1.82. The molecule has 2 atom stereocenters. The van der Waals surface area contributed by atoms with Gasteiger partial charge in [0.05, 0.1) is 6.54 Å². The van der Waals surface area contributed by atoms with E-state index < -0.39 is 0 Å². The summed E-state index contributed by atoms with van der Waals surface area (Å²) in [5.41, 5.74) is 0. The summed E-state index contributed by atoms with van der Waals surface area (Å²) in [5, 5.41) is 3.49. The molecule has 1 rings (SSSR count). The third-order valence-corrected chi connectivity index (χ3v) is 3.00. The summed E-state index contributed by atoms with van der Waals surface area (Å²) in [6, 6.07) is 0.552. The Kier molecular flexibility index (Phi) is 4.14. The minimum atomic E-state index is 0.552. The SMILES string of the molecule is CCC(C)C(C)NCc1nccn1C. The first-order chi connectivity index (χ1) is 6.65. The highest BCUT2D eigenvalue weighted by molar-refractivity contribution is 4.90. The fourth-order valence-electron chi connectivity index (χ4n) is 1.37. The normalized spacial score (nSPS) is 15.4. The Hall–Kier alpha value is -0.830. The lowest BCUT2D eigenvalue weighted by Gasteiger charge is -2.19. The van der Waals surface area contributed by atoms with Gasteiger partial charge in [-0.2, -0.15) is 0 Å². The molecule has 0 fully saturated rings. The van der Waals surface area contributed by atoms with E-state index in [-0.39, 0.29) is 0 Å². The van der Waals surface area contributed by atoms with Gasteiger partial charge < -0.3 is 9.88 Å². The highest BCUT2D eigenvalue weighted by Gasteiger charge is 2.09. The van der Waals surface area contributed by atoms with E-state index in [4.69, 9.17) is 0 Å². The van der Waals surface area contributed by atoms with Crippen LogP contribution in [-0.4, -0.2) is 15.6 Å². The standard InChI is InChI=1S/C11H21N3/c1-5-9(2)10(3)13-8-11-12-6-7-14(11)4/h6-7,9-10,13H,5,8H2,1-4H3. The van der Waals surface area contributed by atoms with Gasteiger partial charge in [0.15, 0.2) is 0 Å². The van der Waals surface area contributed by atoms with Crippen LogP contribution in [0.25, 0.3) is 0 Å². The lowest BCUT2D eigenvalue weighted by atomic mass is 10.0. The molecule has 0 saturated heterocycles. The molecule has 1 aromatic heterocycles. The monoisotopic (exact) mass is 195 g/mol. The van der Waals surface area contributed by atoms with Crippen molar-refractivity contribution in [1.29, 1.82) is 0 Å². The molecule has 2 unspecified atom stereocenters. The minimum Gasteiger partial charge on any atom is -0.337 e. The van der Waals surface area contributed by atoms with Crippen molar-refractivity contribution in [2.45, 2.75) is 39.8 Å². The van der Waals surface area contributed by atoms with Crippen molar-refractivity contribution in [3.63, 3.8) is 0 Å². The summed E-state index contributed by atoms with van der Waals surface area (Å²) in [6.07, 6.45) is 5.03. The third kappa shape index (κ3) is 2.84. The zero-order chi connectivity index (χ0) is 10.6. The first kappa shape index (κ1) is 11.2. The number of nitrogens with zero attached hydrogens (tertiary/aromatic N) is 2. The van der Waals surface area contributed by atoms with E-state index in [0.29, 0.717) is 6.04 Å². The Bertz CT molecular complexity index is 267. The Morgan fingerprint density at radius 2 is 2.21 bits per heavy atom. The molecule has 1 N–H and O–H groups in total. The summed E-state index contributed by atoms with van der Waals surface area (Å²) in [4.78, 5) is 4.27. The maximum absolute atomic E-state index is 4.27.